The van der Waals surface area contributed by atoms with E-state index in [2.05, 4.69) is 45.0 Å². The van der Waals surface area contributed by atoms with Crippen molar-refractivity contribution in [3.05, 3.63) is 22.4 Å². The van der Waals surface area contributed by atoms with Gasteiger partial charge in [0.2, 0.25) is 0 Å². The highest BCUT2D eigenvalue weighted by atomic mass is 32.1. The first kappa shape index (κ1) is 17.3. The molecule has 1 aliphatic heterocycles. The molecule has 0 amide bonds. The first-order valence-electron chi connectivity index (χ1n) is 8.50. The minimum Gasteiger partial charge on any atom is -0.356 e. The highest BCUT2D eigenvalue weighted by Crippen LogP contribution is 2.16. The zero-order chi connectivity index (χ0) is 15.6. The van der Waals surface area contributed by atoms with E-state index in [9.17, 15) is 0 Å². The number of aliphatic imine (C=N–C) groups is 1. The van der Waals surface area contributed by atoms with Gasteiger partial charge in [-0.05, 0) is 57.1 Å². The summed E-state index contributed by atoms with van der Waals surface area (Å²) < 4.78 is 0. The molecule has 1 fully saturated rings. The van der Waals surface area contributed by atoms with Gasteiger partial charge < -0.3 is 15.5 Å². The average Bonchev–Trinajstić information content (AvgIpc) is 3.05. The number of thiophene rings is 1. The van der Waals surface area contributed by atoms with Crippen LogP contribution >= 0.6 is 11.3 Å². The maximum Gasteiger partial charge on any atom is 0.191 e. The predicted molar refractivity (Wildman–Crippen MR) is 96.6 cm³/mol. The van der Waals surface area contributed by atoms with E-state index < -0.39 is 0 Å². The Bertz CT molecular complexity index is 430. The van der Waals surface area contributed by atoms with Crippen LogP contribution in [0.2, 0.25) is 0 Å². The highest BCUT2D eigenvalue weighted by Gasteiger charge is 2.16. The van der Waals surface area contributed by atoms with E-state index in [-0.39, 0.29) is 0 Å². The van der Waals surface area contributed by atoms with Crippen LogP contribution in [0, 0.1) is 0 Å². The molecular weight excluding hydrogens is 292 g/mol. The lowest BCUT2D eigenvalue weighted by molar-refractivity contribution is 0.158. The molecule has 4 nitrogen and oxygen atoms in total. The third-order valence-corrected chi connectivity index (χ3v) is 5.22. The number of piperidine rings is 1. The van der Waals surface area contributed by atoms with E-state index >= 15 is 0 Å². The van der Waals surface area contributed by atoms with Crippen molar-refractivity contribution in [1.29, 1.82) is 0 Å². The summed E-state index contributed by atoms with van der Waals surface area (Å²) >= 11 is 1.77. The molecule has 22 heavy (non-hydrogen) atoms. The molecule has 0 aromatic carbocycles. The molecule has 1 saturated heterocycles. The molecule has 2 heterocycles. The topological polar surface area (TPSA) is 39.7 Å². The Labute approximate surface area is 139 Å². The molecule has 2 N–H and O–H groups in total. The van der Waals surface area contributed by atoms with Gasteiger partial charge >= 0.3 is 0 Å². The zero-order valence-corrected chi connectivity index (χ0v) is 14.8. The molecule has 5 heteroatoms. The van der Waals surface area contributed by atoms with Crippen LogP contribution in [0.4, 0.5) is 0 Å². The molecule has 1 atom stereocenters. The summed E-state index contributed by atoms with van der Waals surface area (Å²) in [6, 6.07) is 5.01. The van der Waals surface area contributed by atoms with Crippen LogP contribution in [0.25, 0.3) is 0 Å². The molecule has 2 rings (SSSR count). The number of nitrogens with zero attached hydrogens (tertiary/aromatic N) is 2. The maximum atomic E-state index is 4.28. The standard InChI is InChI=1S/C17H30N4S/c1-15-8-3-5-11-21(15)12-6-4-10-19-17(18-2)20-14-16-9-7-13-22-16/h7,9,13,15H,3-6,8,10-12,14H2,1-2H3,(H2,18,19,20). The minimum atomic E-state index is 0.780. The van der Waals surface area contributed by atoms with Crippen molar-refractivity contribution in [2.24, 2.45) is 4.99 Å². The van der Waals surface area contributed by atoms with Crippen molar-refractivity contribution in [2.45, 2.75) is 51.6 Å². The van der Waals surface area contributed by atoms with Crippen LogP contribution in [-0.2, 0) is 6.54 Å². The summed E-state index contributed by atoms with van der Waals surface area (Å²) in [4.78, 5) is 8.26. The van der Waals surface area contributed by atoms with Crippen LogP contribution in [0.3, 0.4) is 0 Å². The van der Waals surface area contributed by atoms with Crippen LogP contribution in [-0.4, -0.2) is 43.6 Å². The predicted octanol–water partition coefficient (Wildman–Crippen LogP) is 3.07. The Hall–Kier alpha value is -1.07. The number of nitrogens with one attached hydrogen (secondary N) is 2. The number of guanidine groups is 1. The van der Waals surface area contributed by atoms with Crippen molar-refractivity contribution in [3.8, 4) is 0 Å². The number of unbranched alkanes of at least 4 members (excludes halogenated alkanes) is 1. The number of hydrogen-bond donors (Lipinski definition) is 2. The van der Waals surface area contributed by atoms with Gasteiger partial charge in [0.15, 0.2) is 5.96 Å². The molecule has 0 bridgehead atoms. The van der Waals surface area contributed by atoms with E-state index in [1.807, 2.05) is 7.05 Å². The first-order chi connectivity index (χ1) is 10.8. The van der Waals surface area contributed by atoms with Gasteiger partial charge in [-0.1, -0.05) is 12.5 Å². The van der Waals surface area contributed by atoms with Gasteiger partial charge in [0.1, 0.15) is 0 Å². The van der Waals surface area contributed by atoms with Gasteiger partial charge in [-0.2, -0.15) is 0 Å². The van der Waals surface area contributed by atoms with Crippen molar-refractivity contribution < 1.29 is 0 Å². The van der Waals surface area contributed by atoms with E-state index in [0.717, 1.165) is 25.1 Å². The quantitative estimate of drug-likeness (QED) is 0.460. The second-order valence-corrected chi connectivity index (χ2v) is 7.05. The van der Waals surface area contributed by atoms with Crippen LogP contribution in [0.5, 0.6) is 0 Å². The lowest BCUT2D eigenvalue weighted by Gasteiger charge is -2.33. The summed E-state index contributed by atoms with van der Waals surface area (Å²) in [6.45, 7) is 6.74. The summed E-state index contributed by atoms with van der Waals surface area (Å²) in [5.41, 5.74) is 0. The van der Waals surface area contributed by atoms with Crippen LogP contribution in [0.1, 0.15) is 43.9 Å². The molecule has 1 aromatic rings. The van der Waals surface area contributed by atoms with E-state index in [1.165, 1.54) is 50.1 Å². The van der Waals surface area contributed by atoms with Gasteiger partial charge in [-0.3, -0.25) is 4.99 Å². The van der Waals surface area contributed by atoms with E-state index in [0.29, 0.717) is 0 Å². The second kappa shape index (κ2) is 9.85. The SMILES string of the molecule is CN=C(NCCCCN1CCCCC1C)NCc1cccs1. The maximum absolute atomic E-state index is 4.28. The Morgan fingerprint density at radius 1 is 1.36 bits per heavy atom. The molecule has 1 aromatic heterocycles. The van der Waals surface area contributed by atoms with Gasteiger partial charge in [-0.25, -0.2) is 0 Å². The molecule has 0 spiro atoms. The average molecular weight is 323 g/mol. The minimum absolute atomic E-state index is 0.780. The molecule has 0 saturated carbocycles. The summed E-state index contributed by atoms with van der Waals surface area (Å²) in [5, 5.41) is 8.87. The van der Waals surface area contributed by atoms with Crippen molar-refractivity contribution in [1.82, 2.24) is 15.5 Å². The van der Waals surface area contributed by atoms with Gasteiger partial charge in [0.05, 0.1) is 6.54 Å². The molecule has 0 radical (unpaired) electrons. The zero-order valence-electron chi connectivity index (χ0n) is 14.0. The monoisotopic (exact) mass is 322 g/mol. The second-order valence-electron chi connectivity index (χ2n) is 6.02. The Balaban J connectivity index is 1.54. The largest absolute Gasteiger partial charge is 0.356 e. The number of likely N-dealkylation sites (tertiary alicyclic amines) is 1. The lowest BCUT2D eigenvalue weighted by atomic mass is 10.0. The van der Waals surface area contributed by atoms with Crippen molar-refractivity contribution >= 4 is 17.3 Å². The number of hydrogen-bond acceptors (Lipinski definition) is 3. The van der Waals surface area contributed by atoms with E-state index in [1.54, 1.807) is 11.3 Å². The summed E-state index contributed by atoms with van der Waals surface area (Å²) in [7, 11) is 1.83. The fourth-order valence-corrected chi connectivity index (χ4v) is 3.59. The van der Waals surface area contributed by atoms with Gasteiger partial charge in [0.25, 0.3) is 0 Å². The highest BCUT2D eigenvalue weighted by molar-refractivity contribution is 7.09. The fourth-order valence-electron chi connectivity index (χ4n) is 2.94. The smallest absolute Gasteiger partial charge is 0.191 e. The van der Waals surface area contributed by atoms with Gasteiger partial charge in [-0.15, -0.1) is 11.3 Å². The normalized spacial score (nSPS) is 20.1. The van der Waals surface area contributed by atoms with E-state index in [4.69, 9.17) is 0 Å². The fraction of sp³-hybridized carbons (Fsp3) is 0.706. The van der Waals surface area contributed by atoms with Crippen LogP contribution < -0.4 is 10.6 Å². The molecule has 1 aliphatic rings. The number of rotatable bonds is 7. The summed E-state index contributed by atoms with van der Waals surface area (Å²) in [6.07, 6.45) is 6.62. The first-order valence-corrected chi connectivity index (χ1v) is 9.38. The lowest BCUT2D eigenvalue weighted by Crippen LogP contribution is -2.39. The third kappa shape index (κ3) is 5.97. The third-order valence-electron chi connectivity index (χ3n) is 4.34. The Morgan fingerprint density at radius 3 is 3.00 bits per heavy atom. The van der Waals surface area contributed by atoms with Crippen LogP contribution in [0.15, 0.2) is 22.5 Å². The molecule has 0 aliphatic carbocycles. The molecule has 124 valence electrons. The molecule has 1 unspecified atom stereocenters. The van der Waals surface area contributed by atoms with Crippen molar-refractivity contribution in [3.63, 3.8) is 0 Å². The van der Waals surface area contributed by atoms with Gasteiger partial charge in [0, 0.05) is 24.5 Å². The Kier molecular flexibility index (Phi) is 7.74. The van der Waals surface area contributed by atoms with Crippen molar-refractivity contribution in [2.75, 3.05) is 26.7 Å². The molecular formula is C17H30N4S. The summed E-state index contributed by atoms with van der Waals surface area (Å²) in [5.74, 6) is 0.903. The Morgan fingerprint density at radius 2 is 2.27 bits per heavy atom.